The lowest BCUT2D eigenvalue weighted by atomic mass is 10.2. The molecule has 0 fully saturated rings. The van der Waals surface area contributed by atoms with Crippen LogP contribution in [0.2, 0.25) is 0 Å². The van der Waals surface area contributed by atoms with Gasteiger partial charge in [0.15, 0.2) is 24.1 Å². The lowest BCUT2D eigenvalue weighted by Crippen LogP contribution is -2.36. The number of carbonyl (C=O) groups is 2. The van der Waals surface area contributed by atoms with Gasteiger partial charge in [-0.1, -0.05) is 0 Å². The van der Waals surface area contributed by atoms with Crippen LogP contribution in [0, 0.1) is 23.3 Å². The molecule has 2 aromatic carbocycles. The van der Waals surface area contributed by atoms with Crippen LogP contribution in [-0.4, -0.2) is 37.7 Å². The third-order valence-electron chi connectivity index (χ3n) is 3.53. The summed E-state index contributed by atoms with van der Waals surface area (Å²) in [5.74, 6) is -7.85. The van der Waals surface area contributed by atoms with E-state index in [4.69, 9.17) is 0 Å². The number of rotatable bonds is 8. The van der Waals surface area contributed by atoms with Gasteiger partial charge in [-0.3, -0.25) is 9.59 Å². The molecule has 0 unspecified atom stereocenters. The number of carbonyl (C=O) groups excluding carboxylic acids is 2. The van der Waals surface area contributed by atoms with Crippen molar-refractivity contribution in [2.24, 2.45) is 0 Å². The van der Waals surface area contributed by atoms with Gasteiger partial charge in [0.25, 0.3) is 0 Å². The molecule has 2 amide bonds. The molecule has 0 saturated carbocycles. The van der Waals surface area contributed by atoms with Crippen LogP contribution >= 0.6 is 0 Å². The lowest BCUT2D eigenvalue weighted by molar-refractivity contribution is -0.153. The van der Waals surface area contributed by atoms with E-state index in [0.29, 0.717) is 6.07 Å². The Hall–Kier alpha value is -3.51. The quantitative estimate of drug-likeness (QED) is 0.423. The Kier molecular flexibility index (Phi) is 7.67. The second-order valence-corrected chi connectivity index (χ2v) is 5.95. The van der Waals surface area contributed by atoms with E-state index in [-0.39, 0.29) is 11.4 Å². The molecule has 0 bridgehead atoms. The summed E-state index contributed by atoms with van der Waals surface area (Å²) < 4.78 is 94.2. The molecular weight excluding hydrogens is 439 g/mol. The summed E-state index contributed by atoms with van der Waals surface area (Å²) in [4.78, 5) is 23.5. The molecule has 0 aliphatic rings. The van der Waals surface area contributed by atoms with E-state index >= 15 is 0 Å². The van der Waals surface area contributed by atoms with Crippen LogP contribution in [0.3, 0.4) is 0 Å². The monoisotopic (exact) mass is 453 g/mol. The molecular formula is C18H14F7N3O3. The molecule has 0 atom stereocenters. The van der Waals surface area contributed by atoms with Gasteiger partial charge in [0.05, 0.1) is 24.5 Å². The van der Waals surface area contributed by atoms with Gasteiger partial charge in [-0.05, 0) is 24.3 Å². The van der Waals surface area contributed by atoms with Gasteiger partial charge in [0.1, 0.15) is 11.6 Å². The molecule has 13 heteroatoms. The number of hydrogen-bond acceptors (Lipinski definition) is 4. The number of ether oxygens (including phenoxy) is 1. The predicted octanol–water partition coefficient (Wildman–Crippen LogP) is 3.35. The molecule has 0 aromatic heterocycles. The Morgan fingerprint density at radius 2 is 1.58 bits per heavy atom. The Morgan fingerprint density at radius 1 is 0.871 bits per heavy atom. The lowest BCUT2D eigenvalue weighted by Gasteiger charge is -2.14. The summed E-state index contributed by atoms with van der Waals surface area (Å²) in [5.41, 5.74) is -0.893. The Bertz CT molecular complexity index is 967. The van der Waals surface area contributed by atoms with Crippen LogP contribution in [0.4, 0.5) is 42.1 Å². The molecule has 168 valence electrons. The third kappa shape index (κ3) is 7.35. The molecule has 0 saturated heterocycles. The summed E-state index contributed by atoms with van der Waals surface area (Å²) in [6.07, 6.45) is -4.64. The van der Waals surface area contributed by atoms with Gasteiger partial charge in [-0.15, -0.1) is 0 Å². The Morgan fingerprint density at radius 3 is 2.26 bits per heavy atom. The molecule has 0 heterocycles. The first kappa shape index (κ1) is 23.8. The number of nitrogens with one attached hydrogen (secondary N) is 3. The first-order chi connectivity index (χ1) is 14.5. The van der Waals surface area contributed by atoms with Gasteiger partial charge >= 0.3 is 6.18 Å². The topological polar surface area (TPSA) is 79.5 Å². The molecule has 2 aromatic rings. The van der Waals surface area contributed by atoms with Gasteiger partial charge in [0.2, 0.25) is 11.8 Å². The highest BCUT2D eigenvalue weighted by molar-refractivity contribution is 5.95. The molecule has 2 rings (SSSR count). The number of alkyl halides is 3. The summed E-state index contributed by atoms with van der Waals surface area (Å²) in [5, 5.41) is 6.37. The van der Waals surface area contributed by atoms with Gasteiger partial charge in [0, 0.05) is 6.07 Å². The van der Waals surface area contributed by atoms with Gasteiger partial charge in [-0.25, -0.2) is 17.6 Å². The van der Waals surface area contributed by atoms with Crippen LogP contribution in [0.1, 0.15) is 0 Å². The van der Waals surface area contributed by atoms with Crippen LogP contribution in [0.15, 0.2) is 30.3 Å². The summed E-state index contributed by atoms with van der Waals surface area (Å²) in [6, 6.07) is 3.97. The third-order valence-corrected chi connectivity index (χ3v) is 3.53. The maximum Gasteiger partial charge on any atom is 0.422 e. The van der Waals surface area contributed by atoms with Crippen LogP contribution in [0.25, 0.3) is 0 Å². The summed E-state index contributed by atoms with van der Waals surface area (Å²) in [7, 11) is 0. The van der Waals surface area contributed by atoms with Crippen molar-refractivity contribution in [3.63, 3.8) is 0 Å². The smallest absolute Gasteiger partial charge is 0.422 e. The molecule has 31 heavy (non-hydrogen) atoms. The standard InChI is InChI=1S/C18H14F7N3O3/c19-9-1-4-13(31-8-18(23,24)25)12(5-9)26-6-14(29)27-7-15(30)28-11-3-2-10(20)16(21)17(11)22/h1-5,26H,6-8H2,(H,27,29)(H,28,30). The highest BCUT2D eigenvalue weighted by Gasteiger charge is 2.29. The van der Waals surface area contributed by atoms with Gasteiger partial charge in [-0.2, -0.15) is 13.2 Å². The van der Waals surface area contributed by atoms with Crippen molar-refractivity contribution in [3.8, 4) is 5.75 Å². The molecule has 0 spiro atoms. The number of benzene rings is 2. The first-order valence-corrected chi connectivity index (χ1v) is 8.39. The van der Waals surface area contributed by atoms with Crippen LogP contribution in [-0.2, 0) is 9.59 Å². The average molecular weight is 453 g/mol. The minimum Gasteiger partial charge on any atom is -0.482 e. The summed E-state index contributed by atoms with van der Waals surface area (Å²) in [6.45, 7) is -2.92. The Balaban J connectivity index is 1.87. The number of anilines is 2. The van der Waals surface area contributed by atoms with Crippen molar-refractivity contribution in [3.05, 3.63) is 53.6 Å². The minimum absolute atomic E-state index is 0.243. The molecule has 6 nitrogen and oxygen atoms in total. The van der Waals surface area contributed by atoms with E-state index in [1.165, 1.54) is 0 Å². The van der Waals surface area contributed by atoms with E-state index in [9.17, 15) is 40.3 Å². The second kappa shape index (κ2) is 10.00. The van der Waals surface area contributed by atoms with Crippen molar-refractivity contribution in [2.45, 2.75) is 6.18 Å². The van der Waals surface area contributed by atoms with Crippen molar-refractivity contribution in [1.82, 2.24) is 5.32 Å². The molecule has 0 radical (unpaired) electrons. The zero-order chi connectivity index (χ0) is 23.2. The zero-order valence-corrected chi connectivity index (χ0v) is 15.4. The summed E-state index contributed by atoms with van der Waals surface area (Å²) >= 11 is 0. The van der Waals surface area contributed by atoms with E-state index in [2.05, 4.69) is 15.4 Å². The van der Waals surface area contributed by atoms with Crippen molar-refractivity contribution >= 4 is 23.2 Å². The Labute approximate surface area is 170 Å². The number of halogens is 7. The first-order valence-electron chi connectivity index (χ1n) is 8.39. The minimum atomic E-state index is -4.64. The van der Waals surface area contributed by atoms with Gasteiger partial charge < -0.3 is 20.7 Å². The van der Waals surface area contributed by atoms with Crippen molar-refractivity contribution < 1.29 is 45.1 Å². The molecule has 3 N–H and O–H groups in total. The van der Waals surface area contributed by atoms with E-state index < -0.39 is 66.6 Å². The fourth-order valence-corrected chi connectivity index (χ4v) is 2.16. The fourth-order valence-electron chi connectivity index (χ4n) is 2.16. The molecule has 0 aliphatic heterocycles. The molecule has 0 aliphatic carbocycles. The zero-order valence-electron chi connectivity index (χ0n) is 15.4. The highest BCUT2D eigenvalue weighted by atomic mass is 19.4. The highest BCUT2D eigenvalue weighted by Crippen LogP contribution is 2.27. The largest absolute Gasteiger partial charge is 0.482 e. The number of hydrogen-bond donors (Lipinski definition) is 3. The normalized spacial score (nSPS) is 11.1. The average Bonchev–Trinajstić information content (AvgIpc) is 2.69. The van der Waals surface area contributed by atoms with Crippen molar-refractivity contribution in [2.75, 3.05) is 30.3 Å². The van der Waals surface area contributed by atoms with Crippen LogP contribution < -0.4 is 20.7 Å². The van der Waals surface area contributed by atoms with Crippen LogP contribution in [0.5, 0.6) is 5.75 Å². The van der Waals surface area contributed by atoms with E-state index in [0.717, 1.165) is 24.3 Å². The number of amides is 2. The SMILES string of the molecule is O=C(CNc1cc(F)ccc1OCC(F)(F)F)NCC(=O)Nc1ccc(F)c(F)c1F. The fraction of sp³-hybridized carbons (Fsp3) is 0.222. The van der Waals surface area contributed by atoms with E-state index in [1.807, 2.05) is 5.32 Å². The van der Waals surface area contributed by atoms with E-state index in [1.54, 1.807) is 0 Å². The maximum atomic E-state index is 13.5. The second-order valence-electron chi connectivity index (χ2n) is 5.95. The maximum absolute atomic E-state index is 13.5. The van der Waals surface area contributed by atoms with Crippen molar-refractivity contribution in [1.29, 1.82) is 0 Å². The predicted molar refractivity (Wildman–Crippen MR) is 94.4 cm³/mol.